The molecule has 0 spiro atoms. The molecule has 0 unspecified atom stereocenters. The monoisotopic (exact) mass is 454 g/mol. The van der Waals surface area contributed by atoms with E-state index in [1.807, 2.05) is 41.0 Å². The van der Waals surface area contributed by atoms with Crippen LogP contribution in [-0.2, 0) is 11.3 Å². The maximum atomic E-state index is 12.6. The van der Waals surface area contributed by atoms with Crippen LogP contribution < -0.4 is 10.1 Å². The first-order valence-corrected chi connectivity index (χ1v) is 12.2. The minimum absolute atomic E-state index is 0.0519. The van der Waals surface area contributed by atoms with Gasteiger partial charge in [0.15, 0.2) is 11.0 Å². The summed E-state index contributed by atoms with van der Waals surface area (Å²) in [5.41, 5.74) is 0.897. The van der Waals surface area contributed by atoms with E-state index >= 15 is 0 Å². The third kappa shape index (κ3) is 5.94. The van der Waals surface area contributed by atoms with Gasteiger partial charge < -0.3 is 14.5 Å². The van der Waals surface area contributed by atoms with Crippen LogP contribution in [0.4, 0.5) is 0 Å². The number of hydrogen-bond acceptors (Lipinski definition) is 6. The molecule has 1 aliphatic carbocycles. The van der Waals surface area contributed by atoms with Crippen LogP contribution in [0.15, 0.2) is 52.2 Å². The molecule has 7 nitrogen and oxygen atoms in total. The van der Waals surface area contributed by atoms with Crippen LogP contribution in [0.1, 0.15) is 50.7 Å². The lowest BCUT2D eigenvalue weighted by Gasteiger charge is -2.20. The van der Waals surface area contributed by atoms with Gasteiger partial charge in [-0.25, -0.2) is 0 Å². The van der Waals surface area contributed by atoms with Crippen LogP contribution >= 0.6 is 11.8 Å². The minimum atomic E-state index is 0.0519. The van der Waals surface area contributed by atoms with Crippen LogP contribution in [0.5, 0.6) is 5.75 Å². The topological polar surface area (TPSA) is 82.2 Å². The Morgan fingerprint density at radius 1 is 1.16 bits per heavy atom. The zero-order valence-electron chi connectivity index (χ0n) is 18.5. The van der Waals surface area contributed by atoms with Gasteiger partial charge in [-0.1, -0.05) is 56.0 Å². The predicted molar refractivity (Wildman–Crippen MR) is 125 cm³/mol. The molecular formula is C24H30N4O3S. The van der Waals surface area contributed by atoms with Gasteiger partial charge in [-0.05, 0) is 37.1 Å². The molecule has 1 saturated carbocycles. The molecule has 0 aliphatic heterocycles. The van der Waals surface area contributed by atoms with Crippen molar-refractivity contribution in [1.82, 2.24) is 20.1 Å². The number of thioether (sulfide) groups is 1. The van der Waals surface area contributed by atoms with Crippen LogP contribution in [0.3, 0.4) is 0 Å². The Morgan fingerprint density at radius 2 is 1.97 bits per heavy atom. The van der Waals surface area contributed by atoms with E-state index in [2.05, 4.69) is 15.5 Å². The van der Waals surface area contributed by atoms with Gasteiger partial charge in [0.05, 0.1) is 25.7 Å². The van der Waals surface area contributed by atoms with Crippen molar-refractivity contribution in [2.75, 3.05) is 12.9 Å². The summed E-state index contributed by atoms with van der Waals surface area (Å²) < 4.78 is 12.9. The molecule has 1 fully saturated rings. The van der Waals surface area contributed by atoms with E-state index < -0.39 is 0 Å². The summed E-state index contributed by atoms with van der Waals surface area (Å²) in [4.78, 5) is 12.6. The smallest absolute Gasteiger partial charge is 0.230 e. The molecule has 0 radical (unpaired) electrons. The van der Waals surface area contributed by atoms with Crippen molar-refractivity contribution in [3.63, 3.8) is 0 Å². The van der Waals surface area contributed by atoms with E-state index in [9.17, 15) is 4.79 Å². The predicted octanol–water partition coefficient (Wildman–Crippen LogP) is 4.92. The van der Waals surface area contributed by atoms with Crippen LogP contribution in [0, 0.1) is 0 Å². The lowest BCUT2D eigenvalue weighted by atomic mass is 9.97. The van der Waals surface area contributed by atoms with Crippen molar-refractivity contribution in [3.05, 3.63) is 48.4 Å². The highest BCUT2D eigenvalue weighted by Gasteiger charge is 2.19. The Hall–Kier alpha value is -2.74. The number of ether oxygens (including phenoxy) is 1. The number of amides is 1. The second kappa shape index (κ2) is 11.2. The molecule has 4 rings (SSSR count). The summed E-state index contributed by atoms with van der Waals surface area (Å²) in [5, 5.41) is 12.7. The van der Waals surface area contributed by atoms with Crippen molar-refractivity contribution in [2.45, 2.75) is 62.7 Å². The van der Waals surface area contributed by atoms with Gasteiger partial charge in [-0.3, -0.25) is 9.36 Å². The Labute approximate surface area is 192 Å². The van der Waals surface area contributed by atoms with Crippen molar-refractivity contribution >= 4 is 17.7 Å². The zero-order valence-corrected chi connectivity index (χ0v) is 19.3. The number of hydrogen-bond donors (Lipinski definition) is 1. The lowest BCUT2D eigenvalue weighted by Crippen LogP contribution is -2.36. The fraction of sp³-hybridized carbons (Fsp3) is 0.458. The van der Waals surface area contributed by atoms with E-state index in [1.54, 1.807) is 13.4 Å². The number of furan rings is 1. The molecule has 32 heavy (non-hydrogen) atoms. The molecule has 2 heterocycles. The normalized spacial score (nSPS) is 15.2. The summed E-state index contributed by atoms with van der Waals surface area (Å²) in [7, 11) is 1.64. The maximum Gasteiger partial charge on any atom is 0.230 e. The highest BCUT2D eigenvalue weighted by atomic mass is 32.2. The van der Waals surface area contributed by atoms with Crippen molar-refractivity contribution < 1.29 is 13.9 Å². The summed E-state index contributed by atoms with van der Waals surface area (Å²) in [6.07, 6.45) is 10.0. The molecule has 0 saturated heterocycles. The van der Waals surface area contributed by atoms with Gasteiger partial charge >= 0.3 is 0 Å². The molecule has 1 aromatic carbocycles. The number of aromatic nitrogens is 3. The standard InChI is InChI=1S/C24H30N4O3S/c1-30-20-12-7-9-18(15-20)23-26-27-24(28(23)16-21-13-8-14-31-21)32-17-22(29)25-19-10-5-3-2-4-6-11-19/h7-9,12-15,19H,2-6,10-11,16-17H2,1H3,(H,25,29). The molecule has 0 bridgehead atoms. The molecular weight excluding hydrogens is 424 g/mol. The Kier molecular flexibility index (Phi) is 7.87. The van der Waals surface area contributed by atoms with Gasteiger partial charge in [0.1, 0.15) is 11.5 Å². The SMILES string of the molecule is COc1cccc(-c2nnc(SCC(=O)NC3CCCCCCC3)n2Cc2ccco2)c1. The molecule has 1 N–H and O–H groups in total. The van der Waals surface area contributed by atoms with Crippen LogP contribution in [0.25, 0.3) is 11.4 Å². The zero-order chi connectivity index (χ0) is 22.2. The van der Waals surface area contributed by atoms with E-state index in [0.29, 0.717) is 23.3 Å². The second-order valence-electron chi connectivity index (χ2n) is 8.10. The number of methoxy groups -OCH3 is 1. The van der Waals surface area contributed by atoms with Gasteiger partial charge in [-0.15, -0.1) is 10.2 Å². The average Bonchev–Trinajstić information content (AvgIpc) is 3.44. The van der Waals surface area contributed by atoms with Crippen molar-refractivity contribution in [1.29, 1.82) is 0 Å². The molecule has 170 valence electrons. The quantitative estimate of drug-likeness (QED) is 0.487. The fourth-order valence-electron chi connectivity index (χ4n) is 4.07. The number of rotatable bonds is 8. The van der Waals surface area contributed by atoms with E-state index in [-0.39, 0.29) is 11.9 Å². The molecule has 0 atom stereocenters. The third-order valence-electron chi connectivity index (χ3n) is 5.74. The molecule has 1 amide bonds. The number of carbonyl (C=O) groups is 1. The number of nitrogens with one attached hydrogen (secondary N) is 1. The van der Waals surface area contributed by atoms with Gasteiger partial charge in [0.2, 0.25) is 5.91 Å². The number of benzene rings is 1. The molecule has 2 aromatic heterocycles. The molecule has 8 heteroatoms. The van der Waals surface area contributed by atoms with Crippen LogP contribution in [0.2, 0.25) is 0 Å². The molecule has 3 aromatic rings. The number of carbonyl (C=O) groups excluding carboxylic acids is 1. The molecule has 1 aliphatic rings. The Bertz CT molecular complexity index is 995. The van der Waals surface area contributed by atoms with Gasteiger partial charge in [0, 0.05) is 11.6 Å². The summed E-state index contributed by atoms with van der Waals surface area (Å²) >= 11 is 1.40. The Balaban J connectivity index is 1.47. The van der Waals surface area contributed by atoms with Crippen molar-refractivity contribution in [2.24, 2.45) is 0 Å². The summed E-state index contributed by atoms with van der Waals surface area (Å²) in [6, 6.07) is 11.8. The third-order valence-corrected chi connectivity index (χ3v) is 6.71. The first kappa shape index (κ1) is 22.5. The van der Waals surface area contributed by atoms with E-state index in [4.69, 9.17) is 9.15 Å². The van der Waals surface area contributed by atoms with Gasteiger partial charge in [-0.2, -0.15) is 0 Å². The number of nitrogens with zero attached hydrogens (tertiary/aromatic N) is 3. The lowest BCUT2D eigenvalue weighted by molar-refractivity contribution is -0.119. The van der Waals surface area contributed by atoms with E-state index in [1.165, 1.54) is 43.9 Å². The average molecular weight is 455 g/mol. The first-order valence-electron chi connectivity index (χ1n) is 11.2. The Morgan fingerprint density at radius 3 is 2.72 bits per heavy atom. The van der Waals surface area contributed by atoms with Crippen LogP contribution in [-0.4, -0.2) is 39.6 Å². The van der Waals surface area contributed by atoms with Gasteiger partial charge in [0.25, 0.3) is 0 Å². The largest absolute Gasteiger partial charge is 0.497 e. The maximum absolute atomic E-state index is 12.6. The highest BCUT2D eigenvalue weighted by molar-refractivity contribution is 7.99. The first-order chi connectivity index (χ1) is 15.7. The van der Waals surface area contributed by atoms with E-state index in [0.717, 1.165) is 29.9 Å². The summed E-state index contributed by atoms with van der Waals surface area (Å²) in [6.45, 7) is 0.485. The second-order valence-corrected chi connectivity index (χ2v) is 9.04. The van der Waals surface area contributed by atoms with Crippen molar-refractivity contribution in [3.8, 4) is 17.1 Å². The fourth-order valence-corrected chi connectivity index (χ4v) is 4.82. The highest BCUT2D eigenvalue weighted by Crippen LogP contribution is 2.27. The minimum Gasteiger partial charge on any atom is -0.497 e. The summed E-state index contributed by atoms with van der Waals surface area (Å²) in [5.74, 6) is 2.63.